The molecule has 82 valence electrons. The molecule has 0 atom stereocenters. The van der Waals surface area contributed by atoms with Gasteiger partial charge in [-0.2, -0.15) is 0 Å². The highest BCUT2D eigenvalue weighted by Gasteiger charge is 2.04. The summed E-state index contributed by atoms with van der Waals surface area (Å²) in [6.45, 7) is 0. The molecule has 0 radical (unpaired) electrons. The molecule has 0 aliphatic heterocycles. The third-order valence-corrected chi connectivity index (χ3v) is 2.87. The molecule has 0 N–H and O–H groups in total. The van der Waals surface area contributed by atoms with Crippen LogP contribution in [0.2, 0.25) is 0 Å². The lowest BCUT2D eigenvalue weighted by molar-refractivity contribution is 1.16. The lowest BCUT2D eigenvalue weighted by atomic mass is 10.2. The summed E-state index contributed by atoms with van der Waals surface area (Å²) in [5, 5.41) is 1.03. The molecule has 0 aliphatic carbocycles. The van der Waals surface area contributed by atoms with Crippen molar-refractivity contribution in [2.24, 2.45) is 0 Å². The molecule has 0 amide bonds. The van der Waals surface area contributed by atoms with Crippen molar-refractivity contribution in [3.63, 3.8) is 0 Å². The van der Waals surface area contributed by atoms with Gasteiger partial charge >= 0.3 is 0 Å². The van der Waals surface area contributed by atoms with Crippen molar-refractivity contribution in [3.8, 4) is 11.5 Å². The zero-order chi connectivity index (χ0) is 11.7. The lowest BCUT2D eigenvalue weighted by Crippen LogP contribution is -1.92. The van der Waals surface area contributed by atoms with Gasteiger partial charge in [0.2, 0.25) is 0 Å². The number of hydrogen-bond acceptors (Lipinski definition) is 3. The highest BCUT2D eigenvalue weighted by Crippen LogP contribution is 2.18. The maximum absolute atomic E-state index is 4.49. The SMILES string of the molecule is Brc1cccc(-c2ncc3ccccc3n2)n1. The number of nitrogens with zero attached hydrogens (tertiary/aromatic N) is 3. The number of pyridine rings is 1. The van der Waals surface area contributed by atoms with Crippen LogP contribution in [-0.4, -0.2) is 15.0 Å². The molecule has 3 nitrogen and oxygen atoms in total. The van der Waals surface area contributed by atoms with E-state index in [4.69, 9.17) is 0 Å². The van der Waals surface area contributed by atoms with Crippen LogP contribution >= 0.6 is 15.9 Å². The second kappa shape index (κ2) is 4.22. The molecule has 2 heterocycles. The molecular weight excluding hydrogens is 278 g/mol. The van der Waals surface area contributed by atoms with E-state index in [0.29, 0.717) is 5.82 Å². The maximum atomic E-state index is 4.49. The van der Waals surface area contributed by atoms with Crippen LogP contribution in [0.3, 0.4) is 0 Å². The Bertz CT molecular complexity index is 682. The van der Waals surface area contributed by atoms with Gasteiger partial charge in [-0.15, -0.1) is 0 Å². The van der Waals surface area contributed by atoms with E-state index in [9.17, 15) is 0 Å². The van der Waals surface area contributed by atoms with Gasteiger partial charge in [0.1, 0.15) is 10.3 Å². The van der Waals surface area contributed by atoms with Gasteiger partial charge in [-0.05, 0) is 34.1 Å². The molecule has 0 saturated carbocycles. The van der Waals surface area contributed by atoms with Gasteiger partial charge in [-0.3, -0.25) is 0 Å². The summed E-state index contributed by atoms with van der Waals surface area (Å²) in [5.74, 6) is 0.644. The summed E-state index contributed by atoms with van der Waals surface area (Å²) in [5.41, 5.74) is 1.70. The molecule has 0 saturated heterocycles. The minimum atomic E-state index is 0.644. The zero-order valence-electron chi connectivity index (χ0n) is 8.84. The number of aromatic nitrogens is 3. The second-order valence-corrected chi connectivity index (χ2v) is 4.41. The van der Waals surface area contributed by atoms with Crippen molar-refractivity contribution in [1.82, 2.24) is 15.0 Å². The molecule has 4 heteroatoms. The predicted molar refractivity (Wildman–Crippen MR) is 70.5 cm³/mol. The molecule has 3 aromatic rings. The second-order valence-electron chi connectivity index (χ2n) is 3.60. The fourth-order valence-corrected chi connectivity index (χ4v) is 1.97. The molecule has 0 aliphatic rings. The average Bonchev–Trinajstić information content (AvgIpc) is 2.38. The minimum absolute atomic E-state index is 0.644. The number of halogens is 1. The van der Waals surface area contributed by atoms with Gasteiger partial charge in [-0.25, -0.2) is 15.0 Å². The summed E-state index contributed by atoms with van der Waals surface area (Å²) < 4.78 is 0.784. The van der Waals surface area contributed by atoms with Crippen molar-refractivity contribution in [2.45, 2.75) is 0 Å². The van der Waals surface area contributed by atoms with E-state index < -0.39 is 0 Å². The Labute approximate surface area is 107 Å². The Balaban J connectivity index is 2.18. The first-order valence-corrected chi connectivity index (χ1v) is 5.97. The highest BCUT2D eigenvalue weighted by atomic mass is 79.9. The fraction of sp³-hybridized carbons (Fsp3) is 0. The average molecular weight is 286 g/mol. The Morgan fingerprint density at radius 1 is 0.882 bits per heavy atom. The summed E-state index contributed by atoms with van der Waals surface area (Å²) in [6, 6.07) is 13.6. The van der Waals surface area contributed by atoms with E-state index in [1.807, 2.05) is 48.7 Å². The van der Waals surface area contributed by atoms with E-state index in [1.165, 1.54) is 0 Å². The van der Waals surface area contributed by atoms with Gasteiger partial charge < -0.3 is 0 Å². The van der Waals surface area contributed by atoms with Gasteiger partial charge in [0.25, 0.3) is 0 Å². The van der Waals surface area contributed by atoms with Gasteiger partial charge in [0, 0.05) is 11.6 Å². The fourth-order valence-electron chi connectivity index (χ4n) is 1.63. The molecule has 0 spiro atoms. The lowest BCUT2D eigenvalue weighted by Gasteiger charge is -2.01. The molecule has 0 fully saturated rings. The van der Waals surface area contributed by atoms with Crippen LogP contribution in [0.4, 0.5) is 0 Å². The van der Waals surface area contributed by atoms with Crippen LogP contribution in [0.25, 0.3) is 22.4 Å². The van der Waals surface area contributed by atoms with Crippen molar-refractivity contribution >= 4 is 26.8 Å². The summed E-state index contributed by atoms with van der Waals surface area (Å²) >= 11 is 3.34. The van der Waals surface area contributed by atoms with Gasteiger partial charge in [0.05, 0.1) is 5.52 Å². The molecule has 3 rings (SSSR count). The smallest absolute Gasteiger partial charge is 0.178 e. The zero-order valence-corrected chi connectivity index (χ0v) is 10.4. The number of fused-ring (bicyclic) bond motifs is 1. The molecule has 0 bridgehead atoms. The standard InChI is InChI=1S/C13H8BrN3/c14-12-7-3-6-11(16-12)13-15-8-9-4-1-2-5-10(9)17-13/h1-8H. The Morgan fingerprint density at radius 2 is 1.76 bits per heavy atom. The first kappa shape index (κ1) is 10.4. The topological polar surface area (TPSA) is 38.7 Å². The van der Waals surface area contributed by atoms with Gasteiger partial charge in [-0.1, -0.05) is 24.3 Å². The maximum Gasteiger partial charge on any atom is 0.178 e. The van der Waals surface area contributed by atoms with Crippen molar-refractivity contribution in [2.75, 3.05) is 0 Å². The van der Waals surface area contributed by atoms with E-state index >= 15 is 0 Å². The highest BCUT2D eigenvalue weighted by molar-refractivity contribution is 9.10. The monoisotopic (exact) mass is 285 g/mol. The third kappa shape index (κ3) is 2.03. The number of rotatable bonds is 1. The van der Waals surface area contributed by atoms with Gasteiger partial charge in [0.15, 0.2) is 5.82 Å². The molecular formula is C13H8BrN3. The minimum Gasteiger partial charge on any atom is -0.238 e. The van der Waals surface area contributed by atoms with Crippen LogP contribution in [-0.2, 0) is 0 Å². The van der Waals surface area contributed by atoms with Crippen LogP contribution in [0.5, 0.6) is 0 Å². The van der Waals surface area contributed by atoms with Crippen LogP contribution in [0, 0.1) is 0 Å². The number of para-hydroxylation sites is 1. The Kier molecular flexibility index (Phi) is 2.57. The van der Waals surface area contributed by atoms with E-state index in [2.05, 4.69) is 30.9 Å². The van der Waals surface area contributed by atoms with E-state index in [0.717, 1.165) is 21.2 Å². The van der Waals surface area contributed by atoms with E-state index in [-0.39, 0.29) is 0 Å². The first-order valence-electron chi connectivity index (χ1n) is 5.18. The Hall–Kier alpha value is -1.81. The first-order chi connectivity index (χ1) is 8.33. The third-order valence-electron chi connectivity index (χ3n) is 2.43. The largest absolute Gasteiger partial charge is 0.238 e. The molecule has 2 aromatic heterocycles. The normalized spacial score (nSPS) is 10.6. The summed E-state index contributed by atoms with van der Waals surface area (Å²) in [7, 11) is 0. The van der Waals surface area contributed by atoms with Crippen LogP contribution < -0.4 is 0 Å². The quantitative estimate of drug-likeness (QED) is 0.643. The number of hydrogen-bond donors (Lipinski definition) is 0. The number of benzene rings is 1. The molecule has 17 heavy (non-hydrogen) atoms. The van der Waals surface area contributed by atoms with Crippen molar-refractivity contribution < 1.29 is 0 Å². The van der Waals surface area contributed by atoms with E-state index in [1.54, 1.807) is 0 Å². The van der Waals surface area contributed by atoms with Crippen molar-refractivity contribution in [1.29, 1.82) is 0 Å². The molecule has 0 unspecified atom stereocenters. The summed E-state index contributed by atoms with van der Waals surface area (Å²) in [4.78, 5) is 13.2. The van der Waals surface area contributed by atoms with Crippen LogP contribution in [0.1, 0.15) is 0 Å². The van der Waals surface area contributed by atoms with Crippen LogP contribution in [0.15, 0.2) is 53.3 Å². The van der Waals surface area contributed by atoms with Crippen molar-refractivity contribution in [3.05, 3.63) is 53.3 Å². The Morgan fingerprint density at radius 3 is 2.65 bits per heavy atom. The molecule has 1 aromatic carbocycles. The summed E-state index contributed by atoms with van der Waals surface area (Å²) in [6.07, 6.45) is 1.82. The predicted octanol–water partition coefficient (Wildman–Crippen LogP) is 3.45.